The van der Waals surface area contributed by atoms with Crippen molar-refractivity contribution in [2.45, 2.75) is 4.90 Å². The predicted octanol–water partition coefficient (Wildman–Crippen LogP) is 1.87. The molecule has 6 nitrogen and oxygen atoms in total. The minimum Gasteiger partial charge on any atom is -0.469 e. The Morgan fingerprint density at radius 3 is 2.25 bits per heavy atom. The second-order valence-electron chi connectivity index (χ2n) is 5.59. The van der Waals surface area contributed by atoms with Crippen molar-refractivity contribution in [1.29, 1.82) is 0 Å². The van der Waals surface area contributed by atoms with Gasteiger partial charge in [-0.05, 0) is 24.4 Å². The van der Waals surface area contributed by atoms with Crippen LogP contribution < -0.4 is 0 Å². The van der Waals surface area contributed by atoms with Crippen molar-refractivity contribution in [1.82, 2.24) is 14.1 Å². The molecule has 2 saturated heterocycles. The van der Waals surface area contributed by atoms with Crippen LogP contribution >= 0.6 is 35.4 Å². The summed E-state index contributed by atoms with van der Waals surface area (Å²) in [7, 11) is -3.71. The second-order valence-corrected chi connectivity index (χ2v) is 8.63. The first-order valence-electron chi connectivity index (χ1n) is 7.48. The van der Waals surface area contributed by atoms with E-state index in [0.29, 0.717) is 44.6 Å². The van der Waals surface area contributed by atoms with Crippen LogP contribution in [0.1, 0.15) is 0 Å². The number of ether oxygens (including phenoxy) is 1. The van der Waals surface area contributed by atoms with Gasteiger partial charge in [0.05, 0.1) is 23.3 Å². The molecule has 0 aliphatic carbocycles. The van der Waals surface area contributed by atoms with Gasteiger partial charge in [-0.25, -0.2) is 8.42 Å². The molecule has 0 N–H and O–H groups in total. The van der Waals surface area contributed by atoms with E-state index in [2.05, 4.69) is 4.90 Å². The van der Waals surface area contributed by atoms with Crippen LogP contribution in [0.5, 0.6) is 0 Å². The Labute approximate surface area is 156 Å². The van der Waals surface area contributed by atoms with Crippen LogP contribution in [0.2, 0.25) is 10.0 Å². The lowest BCUT2D eigenvalue weighted by molar-refractivity contribution is 0.142. The van der Waals surface area contributed by atoms with Crippen LogP contribution in [-0.2, 0) is 14.8 Å². The Morgan fingerprint density at radius 1 is 1.08 bits per heavy atom. The van der Waals surface area contributed by atoms with Gasteiger partial charge in [-0.3, -0.25) is 4.90 Å². The lowest BCUT2D eigenvalue weighted by Gasteiger charge is -2.35. The molecule has 0 unspecified atom stereocenters. The summed E-state index contributed by atoms with van der Waals surface area (Å²) in [5, 5.41) is 0.793. The highest BCUT2D eigenvalue weighted by Gasteiger charge is 2.32. The molecule has 1 aromatic carbocycles. The first kappa shape index (κ1) is 18.2. The predicted molar refractivity (Wildman–Crippen MR) is 96.9 cm³/mol. The normalized spacial score (nSPS) is 20.4. The number of halogens is 2. The van der Waals surface area contributed by atoms with Crippen LogP contribution in [0.3, 0.4) is 0 Å². The van der Waals surface area contributed by atoms with E-state index in [1.807, 2.05) is 4.90 Å². The number of nitrogens with zero attached hydrogens (tertiary/aromatic N) is 3. The summed E-state index contributed by atoms with van der Waals surface area (Å²) in [5.74, 6) is 0. The molecule has 1 aromatic rings. The summed E-state index contributed by atoms with van der Waals surface area (Å²) in [6.45, 7) is 4.02. The van der Waals surface area contributed by atoms with Gasteiger partial charge in [0, 0.05) is 26.2 Å². The van der Waals surface area contributed by atoms with Crippen LogP contribution in [0.4, 0.5) is 0 Å². The van der Waals surface area contributed by atoms with Gasteiger partial charge < -0.3 is 9.64 Å². The van der Waals surface area contributed by atoms with Gasteiger partial charge in [0.1, 0.15) is 11.5 Å². The zero-order valence-corrected chi connectivity index (χ0v) is 16.0. The van der Waals surface area contributed by atoms with Crippen molar-refractivity contribution in [3.05, 3.63) is 28.2 Å². The molecule has 0 saturated carbocycles. The lowest BCUT2D eigenvalue weighted by atomic mass is 10.4. The zero-order valence-electron chi connectivity index (χ0n) is 12.8. The summed E-state index contributed by atoms with van der Waals surface area (Å²) in [5.41, 5.74) is 0. The number of thiocarbonyl (C=S) groups is 1. The number of hydrogen-bond acceptors (Lipinski definition) is 5. The first-order chi connectivity index (χ1) is 11.4. The van der Waals surface area contributed by atoms with Gasteiger partial charge in [0.25, 0.3) is 5.17 Å². The van der Waals surface area contributed by atoms with Crippen molar-refractivity contribution in [2.75, 3.05) is 46.0 Å². The molecule has 0 radical (unpaired) electrons. The first-order valence-corrected chi connectivity index (χ1v) is 10.1. The minimum atomic E-state index is -3.71. The van der Waals surface area contributed by atoms with Crippen LogP contribution in [0.25, 0.3) is 0 Å². The molecule has 0 aromatic heterocycles. The van der Waals surface area contributed by atoms with Crippen molar-refractivity contribution < 1.29 is 13.2 Å². The summed E-state index contributed by atoms with van der Waals surface area (Å²) in [6.07, 6.45) is 0. The SMILES string of the molecule is O=S(=O)(c1c(Cl)cccc1Cl)N1CCN(CN2CCOC2=S)CC1. The average molecular weight is 410 g/mol. The van der Waals surface area contributed by atoms with E-state index in [9.17, 15) is 8.42 Å². The number of piperazine rings is 1. The molecular weight excluding hydrogens is 393 g/mol. The number of hydrogen-bond donors (Lipinski definition) is 0. The summed E-state index contributed by atoms with van der Waals surface area (Å²) >= 11 is 17.2. The van der Waals surface area contributed by atoms with Crippen LogP contribution in [-0.4, -0.2) is 73.7 Å². The van der Waals surface area contributed by atoms with Gasteiger partial charge in [-0.1, -0.05) is 29.3 Å². The molecule has 0 spiro atoms. The van der Waals surface area contributed by atoms with E-state index < -0.39 is 10.0 Å². The Morgan fingerprint density at radius 2 is 1.71 bits per heavy atom. The number of benzene rings is 1. The van der Waals surface area contributed by atoms with Crippen molar-refractivity contribution in [3.8, 4) is 0 Å². The van der Waals surface area contributed by atoms with Gasteiger partial charge in [0.15, 0.2) is 0 Å². The highest BCUT2D eigenvalue weighted by molar-refractivity contribution is 7.89. The Kier molecular flexibility index (Phi) is 5.53. The van der Waals surface area contributed by atoms with Crippen molar-refractivity contribution >= 4 is 50.6 Å². The molecule has 2 fully saturated rings. The van der Waals surface area contributed by atoms with E-state index in [1.165, 1.54) is 16.4 Å². The standard InChI is InChI=1S/C14H17Cl2N3O3S2/c15-11-2-1-3-12(16)13(11)24(20,21)19-6-4-17(5-7-19)10-18-8-9-22-14(18)23/h1-3H,4-10H2. The monoisotopic (exact) mass is 409 g/mol. The third kappa shape index (κ3) is 3.63. The van der Waals surface area contributed by atoms with Crippen molar-refractivity contribution in [3.63, 3.8) is 0 Å². The highest BCUT2D eigenvalue weighted by Crippen LogP contribution is 2.31. The molecule has 3 rings (SSSR count). The maximum atomic E-state index is 12.8. The molecule has 2 heterocycles. The third-order valence-electron chi connectivity index (χ3n) is 4.06. The quantitative estimate of drug-likeness (QED) is 0.707. The van der Waals surface area contributed by atoms with Gasteiger partial charge in [-0.15, -0.1) is 0 Å². The second kappa shape index (κ2) is 7.31. The summed E-state index contributed by atoms with van der Waals surface area (Å²) < 4.78 is 32.3. The van der Waals surface area contributed by atoms with Gasteiger partial charge >= 0.3 is 0 Å². The molecule has 0 atom stereocenters. The molecule has 0 bridgehead atoms. The molecular formula is C14H17Cl2N3O3S2. The molecule has 10 heteroatoms. The molecule has 0 amide bonds. The highest BCUT2D eigenvalue weighted by atomic mass is 35.5. The van der Waals surface area contributed by atoms with E-state index >= 15 is 0 Å². The molecule has 24 heavy (non-hydrogen) atoms. The fourth-order valence-electron chi connectivity index (χ4n) is 2.76. The molecule has 2 aliphatic heterocycles. The van der Waals surface area contributed by atoms with Crippen LogP contribution in [0, 0.1) is 0 Å². The topological polar surface area (TPSA) is 53.1 Å². The Bertz CT molecular complexity index is 717. The van der Waals surface area contributed by atoms with Crippen LogP contribution in [0.15, 0.2) is 23.1 Å². The summed E-state index contributed by atoms with van der Waals surface area (Å²) in [4.78, 5) is 4.11. The maximum absolute atomic E-state index is 12.8. The summed E-state index contributed by atoms with van der Waals surface area (Å²) in [6, 6.07) is 4.69. The number of rotatable bonds is 4. The number of sulfonamides is 1. The smallest absolute Gasteiger partial charge is 0.260 e. The maximum Gasteiger partial charge on any atom is 0.260 e. The molecule has 2 aliphatic rings. The largest absolute Gasteiger partial charge is 0.469 e. The van der Waals surface area contributed by atoms with Gasteiger partial charge in [0.2, 0.25) is 10.0 Å². The average Bonchev–Trinajstić information content (AvgIpc) is 2.92. The van der Waals surface area contributed by atoms with E-state index in [4.69, 9.17) is 40.2 Å². The van der Waals surface area contributed by atoms with E-state index in [0.717, 1.165) is 6.54 Å². The fraction of sp³-hybridized carbons (Fsp3) is 0.500. The zero-order chi connectivity index (χ0) is 17.3. The van der Waals surface area contributed by atoms with Gasteiger partial charge in [-0.2, -0.15) is 4.31 Å². The Hall–Kier alpha value is -0.640. The third-order valence-corrected chi connectivity index (χ3v) is 7.29. The minimum absolute atomic E-state index is 0.0177. The lowest BCUT2D eigenvalue weighted by Crippen LogP contribution is -2.51. The molecule has 132 valence electrons. The van der Waals surface area contributed by atoms with E-state index in [-0.39, 0.29) is 14.9 Å². The fourth-order valence-corrected chi connectivity index (χ4v) is 5.51. The van der Waals surface area contributed by atoms with Crippen molar-refractivity contribution in [2.24, 2.45) is 0 Å². The Balaban J connectivity index is 1.66. The van der Waals surface area contributed by atoms with E-state index in [1.54, 1.807) is 6.07 Å².